The molecule has 0 radical (unpaired) electrons. The Labute approximate surface area is 154 Å². The Hall–Kier alpha value is -2.08. The zero-order valence-corrected chi connectivity index (χ0v) is 15.2. The smallest absolute Gasteiger partial charge is 0.250 e. The second kappa shape index (κ2) is 6.91. The molecule has 2 aliphatic heterocycles. The van der Waals surface area contributed by atoms with E-state index in [-0.39, 0.29) is 17.9 Å². The maximum absolute atomic E-state index is 12.4. The lowest BCUT2D eigenvalue weighted by Gasteiger charge is -2.36. The number of primary amides is 1. The summed E-state index contributed by atoms with van der Waals surface area (Å²) in [5.41, 5.74) is 15.1. The fourth-order valence-corrected chi connectivity index (χ4v) is 4.92. The van der Waals surface area contributed by atoms with Crippen LogP contribution < -0.4 is 21.7 Å². The fourth-order valence-electron chi connectivity index (χ4n) is 4.92. The number of anilines is 2. The molecule has 3 aliphatic rings. The third kappa shape index (κ3) is 3.18. The number of nitrogens with two attached hydrogens (primary N) is 2. The molecule has 1 saturated carbocycles. The molecule has 6 nitrogen and oxygen atoms in total. The normalized spacial score (nSPS) is 28.6. The summed E-state index contributed by atoms with van der Waals surface area (Å²) in [7, 11) is 0. The first-order valence-electron chi connectivity index (χ1n) is 9.81. The van der Waals surface area contributed by atoms with Gasteiger partial charge in [-0.15, -0.1) is 0 Å². The van der Waals surface area contributed by atoms with Crippen molar-refractivity contribution in [2.75, 3.05) is 23.3 Å². The Kier molecular flexibility index (Phi) is 4.61. The number of nitrogens with one attached hydrogen (secondary N) is 1. The first-order valence-corrected chi connectivity index (χ1v) is 9.81. The van der Waals surface area contributed by atoms with Gasteiger partial charge in [0, 0.05) is 31.2 Å². The molecule has 2 fully saturated rings. The van der Waals surface area contributed by atoms with Crippen molar-refractivity contribution >= 4 is 23.2 Å². The highest BCUT2D eigenvalue weighted by atomic mass is 16.2. The summed E-state index contributed by atoms with van der Waals surface area (Å²) in [4.78, 5) is 26.7. The van der Waals surface area contributed by atoms with Crippen molar-refractivity contribution in [1.29, 1.82) is 0 Å². The highest BCUT2D eigenvalue weighted by Crippen LogP contribution is 2.45. The minimum absolute atomic E-state index is 0.0663. The van der Waals surface area contributed by atoms with E-state index in [1.54, 1.807) is 0 Å². The predicted molar refractivity (Wildman–Crippen MR) is 102 cm³/mol. The second-order valence-corrected chi connectivity index (χ2v) is 8.05. The van der Waals surface area contributed by atoms with Crippen LogP contribution in [0, 0.1) is 5.92 Å². The van der Waals surface area contributed by atoms with Crippen molar-refractivity contribution in [1.82, 2.24) is 0 Å². The van der Waals surface area contributed by atoms with E-state index in [2.05, 4.69) is 10.2 Å². The van der Waals surface area contributed by atoms with Crippen LogP contribution in [-0.4, -0.2) is 30.9 Å². The maximum atomic E-state index is 12.4. The summed E-state index contributed by atoms with van der Waals surface area (Å²) >= 11 is 0. The van der Waals surface area contributed by atoms with E-state index >= 15 is 0 Å². The molecule has 4 rings (SSSR count). The zero-order valence-electron chi connectivity index (χ0n) is 15.2. The lowest BCUT2D eigenvalue weighted by molar-refractivity contribution is -0.117. The topological polar surface area (TPSA) is 101 Å². The molecule has 1 aliphatic carbocycles. The Morgan fingerprint density at radius 2 is 1.81 bits per heavy atom. The summed E-state index contributed by atoms with van der Waals surface area (Å²) in [5, 5.41) is 3.03. The fraction of sp³-hybridized carbons (Fsp3) is 0.600. The molecule has 2 amide bonds. The second-order valence-electron chi connectivity index (χ2n) is 8.05. The standard InChI is InChI=1S/C20H28N4O2/c21-13-5-3-12(4-6-13)14-10-19(25)23-17-11-18(24-7-1-2-8-24)16(20(22)26)9-15(14)17/h9,11-14H,1-8,10,21H2,(H2,22,26)(H,23,25)/t12?,13?,14-/m0/s1. The van der Waals surface area contributed by atoms with Gasteiger partial charge in [-0.1, -0.05) is 0 Å². The van der Waals surface area contributed by atoms with Gasteiger partial charge < -0.3 is 21.7 Å². The monoisotopic (exact) mass is 356 g/mol. The largest absolute Gasteiger partial charge is 0.371 e. The molecular weight excluding hydrogens is 328 g/mol. The van der Waals surface area contributed by atoms with Gasteiger partial charge in [0.05, 0.1) is 11.3 Å². The van der Waals surface area contributed by atoms with Gasteiger partial charge in [-0.2, -0.15) is 0 Å². The molecule has 26 heavy (non-hydrogen) atoms. The minimum Gasteiger partial charge on any atom is -0.371 e. The van der Waals surface area contributed by atoms with Gasteiger partial charge in [-0.25, -0.2) is 0 Å². The molecule has 140 valence electrons. The molecule has 1 saturated heterocycles. The molecule has 2 heterocycles. The number of hydrogen-bond acceptors (Lipinski definition) is 4. The number of carbonyl (C=O) groups is 2. The molecule has 0 unspecified atom stereocenters. The third-order valence-corrected chi connectivity index (χ3v) is 6.34. The first kappa shape index (κ1) is 17.3. The molecular formula is C20H28N4O2. The number of benzene rings is 1. The van der Waals surface area contributed by atoms with Crippen molar-refractivity contribution < 1.29 is 9.59 Å². The molecule has 0 aromatic heterocycles. The Bertz CT molecular complexity index is 719. The average molecular weight is 356 g/mol. The quantitative estimate of drug-likeness (QED) is 0.773. The summed E-state index contributed by atoms with van der Waals surface area (Å²) in [6.07, 6.45) is 6.81. The van der Waals surface area contributed by atoms with Crippen LogP contribution in [0.4, 0.5) is 11.4 Å². The van der Waals surface area contributed by atoms with E-state index in [1.807, 2.05) is 12.1 Å². The molecule has 1 aromatic carbocycles. The summed E-state index contributed by atoms with van der Waals surface area (Å²) in [6, 6.07) is 4.20. The number of rotatable bonds is 3. The lowest BCUT2D eigenvalue weighted by atomic mass is 9.72. The van der Waals surface area contributed by atoms with Gasteiger partial charge in [-0.05, 0) is 68.1 Å². The van der Waals surface area contributed by atoms with Gasteiger partial charge in [0.15, 0.2) is 0 Å². The van der Waals surface area contributed by atoms with Crippen molar-refractivity contribution in [3.8, 4) is 0 Å². The molecule has 1 aromatic rings. The SMILES string of the molecule is NC(=O)c1cc2c(cc1N1CCCC1)NC(=O)C[C@H]2C1CCC(N)CC1. The Morgan fingerprint density at radius 1 is 1.12 bits per heavy atom. The number of nitrogens with zero attached hydrogens (tertiary/aromatic N) is 1. The van der Waals surface area contributed by atoms with Gasteiger partial charge in [0.2, 0.25) is 5.91 Å². The highest BCUT2D eigenvalue weighted by Gasteiger charge is 2.35. The summed E-state index contributed by atoms with van der Waals surface area (Å²) in [5.74, 6) is 0.266. The van der Waals surface area contributed by atoms with Crippen LogP contribution in [0.5, 0.6) is 0 Å². The van der Waals surface area contributed by atoms with Crippen LogP contribution in [0.2, 0.25) is 0 Å². The van der Waals surface area contributed by atoms with E-state index in [1.165, 1.54) is 0 Å². The predicted octanol–water partition coefficient (Wildman–Crippen LogP) is 2.33. The van der Waals surface area contributed by atoms with Crippen LogP contribution in [0.3, 0.4) is 0 Å². The molecule has 0 bridgehead atoms. The average Bonchev–Trinajstić information content (AvgIpc) is 3.15. The van der Waals surface area contributed by atoms with E-state index in [0.717, 1.165) is 68.6 Å². The molecule has 1 atom stereocenters. The van der Waals surface area contributed by atoms with Crippen LogP contribution in [-0.2, 0) is 4.79 Å². The molecule has 0 spiro atoms. The van der Waals surface area contributed by atoms with E-state index in [9.17, 15) is 9.59 Å². The third-order valence-electron chi connectivity index (χ3n) is 6.34. The van der Waals surface area contributed by atoms with E-state index < -0.39 is 5.91 Å². The van der Waals surface area contributed by atoms with Gasteiger partial charge in [0.1, 0.15) is 0 Å². The first-order chi connectivity index (χ1) is 12.5. The van der Waals surface area contributed by atoms with E-state index in [4.69, 9.17) is 11.5 Å². The number of carbonyl (C=O) groups excluding carboxylic acids is 2. The van der Waals surface area contributed by atoms with Crippen LogP contribution in [0.1, 0.15) is 66.8 Å². The van der Waals surface area contributed by atoms with Gasteiger partial charge in [0.25, 0.3) is 5.91 Å². The van der Waals surface area contributed by atoms with E-state index in [0.29, 0.717) is 17.9 Å². The zero-order chi connectivity index (χ0) is 18.3. The van der Waals surface area contributed by atoms with Crippen LogP contribution >= 0.6 is 0 Å². The van der Waals surface area contributed by atoms with Crippen LogP contribution in [0.25, 0.3) is 0 Å². The van der Waals surface area contributed by atoms with Crippen molar-refractivity contribution in [3.05, 3.63) is 23.3 Å². The summed E-state index contributed by atoms with van der Waals surface area (Å²) in [6.45, 7) is 1.86. The number of amides is 2. The van der Waals surface area contributed by atoms with Crippen LogP contribution in [0.15, 0.2) is 12.1 Å². The summed E-state index contributed by atoms with van der Waals surface area (Å²) < 4.78 is 0. The van der Waals surface area contributed by atoms with Crippen molar-refractivity contribution in [2.45, 2.75) is 56.9 Å². The lowest BCUT2D eigenvalue weighted by Crippen LogP contribution is -2.33. The van der Waals surface area contributed by atoms with Gasteiger partial charge >= 0.3 is 0 Å². The minimum atomic E-state index is -0.393. The highest BCUT2D eigenvalue weighted by molar-refractivity contribution is 6.02. The van der Waals surface area contributed by atoms with Crippen molar-refractivity contribution in [3.63, 3.8) is 0 Å². The Morgan fingerprint density at radius 3 is 2.46 bits per heavy atom. The molecule has 5 N–H and O–H groups in total. The van der Waals surface area contributed by atoms with Gasteiger partial charge in [-0.3, -0.25) is 9.59 Å². The van der Waals surface area contributed by atoms with Crippen molar-refractivity contribution in [2.24, 2.45) is 17.4 Å². The number of fused-ring (bicyclic) bond motifs is 1. The maximum Gasteiger partial charge on any atom is 0.250 e. The number of hydrogen-bond donors (Lipinski definition) is 3. The Balaban J connectivity index is 1.73. The molecule has 6 heteroatoms.